The zero-order valence-electron chi connectivity index (χ0n) is 19.8. The molecule has 0 unspecified atom stereocenters. The Balaban J connectivity index is 1.90. The molecule has 172 valence electrons. The fourth-order valence-corrected chi connectivity index (χ4v) is 5.45. The molecule has 6 nitrogen and oxygen atoms in total. The van der Waals surface area contributed by atoms with Crippen LogP contribution in [0.25, 0.3) is 0 Å². The summed E-state index contributed by atoms with van der Waals surface area (Å²) in [6, 6.07) is 12.4. The van der Waals surface area contributed by atoms with Gasteiger partial charge in [0.05, 0.1) is 42.7 Å². The second kappa shape index (κ2) is 8.10. The highest BCUT2D eigenvalue weighted by Crippen LogP contribution is 2.58. The summed E-state index contributed by atoms with van der Waals surface area (Å²) in [6.07, 6.45) is 0.769. The van der Waals surface area contributed by atoms with Crippen LogP contribution in [-0.4, -0.2) is 42.7 Å². The largest absolute Gasteiger partial charge is 0.497 e. The lowest BCUT2D eigenvalue weighted by atomic mass is 9.72. The fourth-order valence-electron chi connectivity index (χ4n) is 5.45. The Kier molecular flexibility index (Phi) is 5.23. The monoisotopic (exact) mass is 448 g/mol. The molecule has 2 bridgehead atoms. The van der Waals surface area contributed by atoms with Gasteiger partial charge in [0.2, 0.25) is 0 Å². The molecule has 3 aliphatic carbocycles. The molecule has 2 atom stereocenters. The van der Waals surface area contributed by atoms with Crippen molar-refractivity contribution in [2.24, 2.45) is 0 Å². The molecule has 0 amide bonds. The Hall–Kier alpha value is -3.54. The summed E-state index contributed by atoms with van der Waals surface area (Å²) in [5.74, 6) is 4.55. The summed E-state index contributed by atoms with van der Waals surface area (Å²) < 4.78 is 34.4. The average Bonchev–Trinajstić information content (AvgIpc) is 3.09. The topological polar surface area (TPSA) is 55.4 Å². The van der Waals surface area contributed by atoms with Crippen molar-refractivity contribution in [2.45, 2.75) is 18.3 Å². The van der Waals surface area contributed by atoms with Crippen molar-refractivity contribution in [3.05, 3.63) is 69.8 Å². The number of hydrogen-bond acceptors (Lipinski definition) is 6. The third-order valence-corrected chi connectivity index (χ3v) is 6.93. The van der Waals surface area contributed by atoms with Gasteiger partial charge in [-0.25, -0.2) is 0 Å². The number of hydrogen-bond donors (Lipinski definition) is 0. The van der Waals surface area contributed by atoms with Crippen LogP contribution in [0.3, 0.4) is 0 Å². The molecule has 6 rings (SSSR count). The van der Waals surface area contributed by atoms with Gasteiger partial charge in [-0.2, -0.15) is 0 Å². The molecule has 3 aliphatic rings. The van der Waals surface area contributed by atoms with Gasteiger partial charge in [-0.15, -0.1) is 0 Å². The van der Waals surface area contributed by atoms with E-state index < -0.39 is 0 Å². The Morgan fingerprint density at radius 3 is 1.64 bits per heavy atom. The quantitative estimate of drug-likeness (QED) is 0.534. The van der Waals surface area contributed by atoms with E-state index >= 15 is 0 Å². The van der Waals surface area contributed by atoms with Crippen LogP contribution in [-0.2, 0) is 6.42 Å². The summed E-state index contributed by atoms with van der Waals surface area (Å²) in [5.41, 5.74) is 7.01. The van der Waals surface area contributed by atoms with Gasteiger partial charge in [0, 0.05) is 29.5 Å². The van der Waals surface area contributed by atoms with Gasteiger partial charge in [0.1, 0.15) is 23.0 Å². The molecule has 0 aromatic heterocycles. The highest BCUT2D eigenvalue weighted by Gasteiger charge is 2.42. The van der Waals surface area contributed by atoms with E-state index in [1.165, 1.54) is 22.3 Å². The SMILES string of the molecule is COc1cc(OC)c2c(c1)[C@H]1Cc3c(OC)cc(OC)cc3[C@@H]2c2cc(OC)c(OC)cc21. The van der Waals surface area contributed by atoms with Crippen LogP contribution in [0.5, 0.6) is 34.5 Å². The van der Waals surface area contributed by atoms with Gasteiger partial charge in [-0.05, 0) is 58.5 Å². The minimum atomic E-state index is -0.0894. The van der Waals surface area contributed by atoms with Crippen LogP contribution < -0.4 is 28.4 Å². The third kappa shape index (κ3) is 3.08. The van der Waals surface area contributed by atoms with Crippen LogP contribution in [0.2, 0.25) is 0 Å². The minimum absolute atomic E-state index is 0.0681. The standard InChI is InChI=1S/C27H28O6/c1-28-14-8-20-18(22(9-14)30-3)11-16-17-12-23(31-4)24(32-5)13-21(17)26(20)27-19(16)7-15(29-2)10-25(27)33-6/h7-10,12-13,16,26H,11H2,1-6H3/t16-,26+/m0/s1. The molecule has 0 saturated carbocycles. The van der Waals surface area contributed by atoms with Gasteiger partial charge in [-0.1, -0.05) is 0 Å². The summed E-state index contributed by atoms with van der Waals surface area (Å²) in [7, 11) is 10.1. The van der Waals surface area contributed by atoms with Gasteiger partial charge in [-0.3, -0.25) is 0 Å². The molecule has 0 aliphatic heterocycles. The predicted octanol–water partition coefficient (Wildman–Crippen LogP) is 4.92. The van der Waals surface area contributed by atoms with Crippen molar-refractivity contribution in [1.82, 2.24) is 0 Å². The summed E-state index contributed by atoms with van der Waals surface area (Å²) in [6.45, 7) is 0. The van der Waals surface area contributed by atoms with Crippen LogP contribution in [0.4, 0.5) is 0 Å². The maximum absolute atomic E-state index is 5.91. The van der Waals surface area contributed by atoms with E-state index in [0.717, 1.165) is 40.5 Å². The highest BCUT2D eigenvalue weighted by molar-refractivity contribution is 5.70. The molecular formula is C27H28O6. The van der Waals surface area contributed by atoms with E-state index in [-0.39, 0.29) is 11.8 Å². The van der Waals surface area contributed by atoms with Crippen molar-refractivity contribution in [3.8, 4) is 34.5 Å². The fraction of sp³-hybridized carbons (Fsp3) is 0.333. The number of rotatable bonds is 6. The average molecular weight is 449 g/mol. The van der Waals surface area contributed by atoms with Crippen LogP contribution in [0, 0.1) is 0 Å². The van der Waals surface area contributed by atoms with Gasteiger partial charge < -0.3 is 28.4 Å². The first-order valence-corrected chi connectivity index (χ1v) is 10.8. The zero-order valence-corrected chi connectivity index (χ0v) is 19.8. The summed E-state index contributed by atoms with van der Waals surface area (Å²) in [4.78, 5) is 0. The Labute approximate surface area is 193 Å². The smallest absolute Gasteiger partial charge is 0.161 e. The van der Waals surface area contributed by atoms with Crippen molar-refractivity contribution in [1.29, 1.82) is 0 Å². The Morgan fingerprint density at radius 1 is 0.515 bits per heavy atom. The Bertz CT molecular complexity index is 1230. The molecule has 0 saturated heterocycles. The van der Waals surface area contributed by atoms with E-state index in [2.05, 4.69) is 24.3 Å². The second-order valence-corrected chi connectivity index (χ2v) is 8.26. The molecule has 33 heavy (non-hydrogen) atoms. The lowest BCUT2D eigenvalue weighted by Gasteiger charge is -2.33. The maximum Gasteiger partial charge on any atom is 0.161 e. The molecule has 0 N–H and O–H groups in total. The van der Waals surface area contributed by atoms with Crippen molar-refractivity contribution < 1.29 is 28.4 Å². The Morgan fingerprint density at radius 2 is 1.06 bits per heavy atom. The van der Waals surface area contributed by atoms with Crippen molar-refractivity contribution >= 4 is 0 Å². The molecule has 0 heterocycles. The van der Waals surface area contributed by atoms with Crippen molar-refractivity contribution in [3.63, 3.8) is 0 Å². The predicted molar refractivity (Wildman–Crippen MR) is 125 cm³/mol. The second-order valence-electron chi connectivity index (χ2n) is 8.26. The molecule has 6 heteroatoms. The molecule has 0 spiro atoms. The van der Waals surface area contributed by atoms with E-state index in [9.17, 15) is 0 Å². The molecule has 3 aromatic rings. The van der Waals surface area contributed by atoms with E-state index in [1.807, 2.05) is 12.1 Å². The minimum Gasteiger partial charge on any atom is -0.497 e. The highest BCUT2D eigenvalue weighted by atomic mass is 16.5. The van der Waals surface area contributed by atoms with Gasteiger partial charge >= 0.3 is 0 Å². The first-order chi connectivity index (χ1) is 16.1. The van der Waals surface area contributed by atoms with Gasteiger partial charge in [0.25, 0.3) is 0 Å². The van der Waals surface area contributed by atoms with Gasteiger partial charge in [0.15, 0.2) is 11.5 Å². The van der Waals surface area contributed by atoms with Crippen LogP contribution in [0.15, 0.2) is 36.4 Å². The molecule has 0 radical (unpaired) electrons. The zero-order chi connectivity index (χ0) is 23.3. The number of benzene rings is 3. The van der Waals surface area contributed by atoms with Crippen molar-refractivity contribution in [2.75, 3.05) is 42.7 Å². The lowest BCUT2D eigenvalue weighted by molar-refractivity contribution is 0.353. The van der Waals surface area contributed by atoms with Crippen LogP contribution in [0.1, 0.15) is 45.2 Å². The van der Waals surface area contributed by atoms with E-state index in [0.29, 0.717) is 11.5 Å². The summed E-state index contributed by atoms with van der Waals surface area (Å²) in [5, 5.41) is 0. The number of methoxy groups -OCH3 is 6. The first-order valence-electron chi connectivity index (χ1n) is 10.8. The molecule has 0 fully saturated rings. The molecular weight excluding hydrogens is 420 g/mol. The first kappa shape index (κ1) is 21.3. The molecule has 3 aromatic carbocycles. The van der Waals surface area contributed by atoms with Crippen LogP contribution >= 0.6 is 0 Å². The number of ether oxygens (including phenoxy) is 6. The van der Waals surface area contributed by atoms with E-state index in [1.54, 1.807) is 42.7 Å². The third-order valence-electron chi connectivity index (χ3n) is 6.93. The lowest BCUT2D eigenvalue weighted by Crippen LogP contribution is -2.18. The maximum atomic E-state index is 5.91. The summed E-state index contributed by atoms with van der Waals surface area (Å²) >= 11 is 0. The van der Waals surface area contributed by atoms with E-state index in [4.69, 9.17) is 28.4 Å². The normalized spacial score (nSPS) is 17.3.